The number of hydrogen-bond acceptors (Lipinski definition) is 3. The van der Waals surface area contributed by atoms with Gasteiger partial charge in [-0.25, -0.2) is 4.98 Å². The second-order valence-electron chi connectivity index (χ2n) is 6.89. The first kappa shape index (κ1) is 18.9. The van der Waals surface area contributed by atoms with E-state index in [1.807, 2.05) is 22.9 Å². The van der Waals surface area contributed by atoms with E-state index in [4.69, 9.17) is 4.74 Å². The smallest absolute Gasteiger partial charge is 0.131 e. The summed E-state index contributed by atoms with van der Waals surface area (Å²) in [5.41, 5.74) is 4.62. The van der Waals surface area contributed by atoms with Gasteiger partial charge in [0.05, 0.1) is 18.8 Å². The fraction of sp³-hybridized carbons (Fsp3) is 0.217. The van der Waals surface area contributed by atoms with E-state index in [-0.39, 0.29) is 5.92 Å². The normalized spacial score (nSPS) is 17.3. The molecule has 4 rings (SSSR count). The highest BCUT2D eigenvalue weighted by Crippen LogP contribution is 2.37. The lowest BCUT2D eigenvalue weighted by molar-refractivity contribution is -0.108. The van der Waals surface area contributed by atoms with E-state index < -0.39 is 0 Å². The topological polar surface area (TPSA) is 44.1 Å². The molecule has 3 aromatic rings. The highest BCUT2D eigenvalue weighted by atomic mass is 127. The molecule has 2 aromatic carbocycles. The number of aromatic nitrogens is 2. The van der Waals surface area contributed by atoms with E-state index in [9.17, 15) is 4.79 Å². The van der Waals surface area contributed by atoms with Crippen LogP contribution < -0.4 is 4.74 Å². The van der Waals surface area contributed by atoms with Crippen molar-refractivity contribution in [3.8, 4) is 5.75 Å². The van der Waals surface area contributed by atoms with Gasteiger partial charge in [0.2, 0.25) is 0 Å². The van der Waals surface area contributed by atoms with Crippen molar-refractivity contribution < 1.29 is 9.53 Å². The van der Waals surface area contributed by atoms with E-state index in [1.54, 1.807) is 12.5 Å². The first-order chi connectivity index (χ1) is 13.7. The Labute approximate surface area is 178 Å². The maximum atomic E-state index is 11.9. The zero-order valence-electron chi connectivity index (χ0n) is 15.4. The van der Waals surface area contributed by atoms with Crippen LogP contribution in [0.4, 0.5) is 0 Å². The second-order valence-corrected chi connectivity index (χ2v) is 8.14. The van der Waals surface area contributed by atoms with Crippen molar-refractivity contribution >= 4 is 35.0 Å². The Bertz CT molecular complexity index is 978. The van der Waals surface area contributed by atoms with Crippen molar-refractivity contribution in [2.24, 2.45) is 0 Å². The molecule has 0 amide bonds. The number of fused-ring (bicyclic) bond motifs is 1. The van der Waals surface area contributed by atoms with Crippen LogP contribution in [0.2, 0.25) is 0 Å². The predicted molar refractivity (Wildman–Crippen MR) is 118 cm³/mol. The van der Waals surface area contributed by atoms with Crippen LogP contribution in [0.25, 0.3) is 6.08 Å². The number of carbonyl (C=O) groups excluding carboxylic acids is 1. The number of aldehydes is 1. The Balaban J connectivity index is 1.49. The van der Waals surface area contributed by atoms with Gasteiger partial charge in [0.1, 0.15) is 18.6 Å². The summed E-state index contributed by atoms with van der Waals surface area (Å²) in [6, 6.07) is 14.5. The average molecular weight is 484 g/mol. The molecule has 1 aliphatic rings. The van der Waals surface area contributed by atoms with E-state index in [1.165, 1.54) is 14.7 Å². The van der Waals surface area contributed by atoms with E-state index >= 15 is 0 Å². The molecule has 5 heteroatoms. The molecule has 0 saturated carbocycles. The average Bonchev–Trinajstić information content (AvgIpc) is 3.23. The lowest BCUT2D eigenvalue weighted by Gasteiger charge is -2.25. The molecule has 0 N–H and O–H groups in total. The van der Waals surface area contributed by atoms with Gasteiger partial charge in [-0.15, -0.1) is 0 Å². The standard InChI is InChI=1S/C23H21IN2O2/c24-20-5-1-17(2-6-20)13-18-3-4-19-14-21(7-8-22(19)23(18)15-27)28-12-11-26-10-9-25-16-26/h1-2,5-10,13-16,23H,3-4,11-12H2/b18-13+. The molecule has 0 radical (unpaired) electrons. The summed E-state index contributed by atoms with van der Waals surface area (Å²) in [6.07, 6.45) is 10.5. The lowest BCUT2D eigenvalue weighted by atomic mass is 9.79. The Morgan fingerprint density at radius 3 is 2.79 bits per heavy atom. The van der Waals surface area contributed by atoms with Gasteiger partial charge >= 0.3 is 0 Å². The lowest BCUT2D eigenvalue weighted by Crippen LogP contribution is -2.14. The maximum absolute atomic E-state index is 11.9. The minimum absolute atomic E-state index is 0.178. The summed E-state index contributed by atoms with van der Waals surface area (Å²) in [6.45, 7) is 1.35. The van der Waals surface area contributed by atoms with Crippen molar-refractivity contribution in [1.82, 2.24) is 9.55 Å². The number of hydrogen-bond donors (Lipinski definition) is 0. The Morgan fingerprint density at radius 1 is 1.18 bits per heavy atom. The Hall–Kier alpha value is -2.41. The number of nitrogens with zero attached hydrogens (tertiary/aromatic N) is 2. The molecular weight excluding hydrogens is 463 g/mol. The third kappa shape index (κ3) is 4.35. The molecule has 0 saturated heterocycles. The molecule has 142 valence electrons. The van der Waals surface area contributed by atoms with Crippen molar-refractivity contribution in [3.63, 3.8) is 0 Å². The van der Waals surface area contributed by atoms with Crippen LogP contribution in [0, 0.1) is 3.57 Å². The van der Waals surface area contributed by atoms with Gasteiger partial charge in [0.25, 0.3) is 0 Å². The molecule has 0 bridgehead atoms. The number of halogens is 1. The number of aryl methyl sites for hydroxylation is 1. The number of ether oxygens (including phenoxy) is 1. The zero-order chi connectivity index (χ0) is 19.3. The maximum Gasteiger partial charge on any atom is 0.131 e. The van der Waals surface area contributed by atoms with Crippen LogP contribution in [0.5, 0.6) is 5.75 Å². The number of benzene rings is 2. The van der Waals surface area contributed by atoms with Crippen molar-refractivity contribution in [2.45, 2.75) is 25.3 Å². The van der Waals surface area contributed by atoms with E-state index in [2.05, 4.69) is 64.0 Å². The molecule has 0 fully saturated rings. The number of imidazole rings is 1. The highest BCUT2D eigenvalue weighted by molar-refractivity contribution is 14.1. The summed E-state index contributed by atoms with van der Waals surface area (Å²) < 4.78 is 9.09. The van der Waals surface area contributed by atoms with Gasteiger partial charge in [0, 0.05) is 16.0 Å². The number of carbonyl (C=O) groups is 1. The van der Waals surface area contributed by atoms with Crippen molar-refractivity contribution in [2.75, 3.05) is 6.61 Å². The van der Waals surface area contributed by atoms with E-state index in [0.29, 0.717) is 6.61 Å². The van der Waals surface area contributed by atoms with Gasteiger partial charge in [0.15, 0.2) is 0 Å². The first-order valence-electron chi connectivity index (χ1n) is 9.35. The summed E-state index contributed by atoms with van der Waals surface area (Å²) in [7, 11) is 0. The SMILES string of the molecule is O=CC1/C(=C/c2ccc(I)cc2)CCc2cc(OCCn3ccnc3)ccc21. The number of rotatable bonds is 6. The minimum atomic E-state index is -0.178. The summed E-state index contributed by atoms with van der Waals surface area (Å²) in [5.74, 6) is 0.677. The summed E-state index contributed by atoms with van der Waals surface area (Å²) >= 11 is 2.30. The third-order valence-electron chi connectivity index (χ3n) is 5.07. The molecule has 4 nitrogen and oxygen atoms in total. The molecule has 0 aliphatic heterocycles. The van der Waals surface area contributed by atoms with Gasteiger partial charge in [-0.2, -0.15) is 0 Å². The summed E-state index contributed by atoms with van der Waals surface area (Å²) in [4.78, 5) is 15.9. The fourth-order valence-electron chi connectivity index (χ4n) is 3.61. The van der Waals surface area contributed by atoms with Crippen LogP contribution >= 0.6 is 22.6 Å². The molecule has 28 heavy (non-hydrogen) atoms. The van der Waals surface area contributed by atoms with Crippen LogP contribution in [-0.4, -0.2) is 22.4 Å². The highest BCUT2D eigenvalue weighted by Gasteiger charge is 2.24. The summed E-state index contributed by atoms with van der Waals surface area (Å²) in [5, 5.41) is 0. The van der Waals surface area contributed by atoms with Gasteiger partial charge in [-0.1, -0.05) is 29.8 Å². The zero-order valence-corrected chi connectivity index (χ0v) is 17.6. The first-order valence-corrected chi connectivity index (χ1v) is 10.4. The molecule has 1 aliphatic carbocycles. The monoisotopic (exact) mass is 484 g/mol. The molecular formula is C23H21IN2O2. The number of allylic oxidation sites excluding steroid dienone is 1. The molecule has 1 unspecified atom stereocenters. The molecule has 1 aromatic heterocycles. The fourth-order valence-corrected chi connectivity index (χ4v) is 3.97. The van der Waals surface area contributed by atoms with Crippen LogP contribution in [-0.2, 0) is 17.8 Å². The van der Waals surface area contributed by atoms with Crippen molar-refractivity contribution in [3.05, 3.63) is 87.0 Å². The van der Waals surface area contributed by atoms with Gasteiger partial charge < -0.3 is 14.1 Å². The Morgan fingerprint density at radius 2 is 2.04 bits per heavy atom. The predicted octanol–water partition coefficient (Wildman–Crippen LogP) is 4.88. The Kier molecular flexibility index (Phi) is 5.90. The van der Waals surface area contributed by atoms with Gasteiger partial charge in [-0.3, -0.25) is 0 Å². The van der Waals surface area contributed by atoms with Crippen LogP contribution in [0.1, 0.15) is 29.0 Å². The van der Waals surface area contributed by atoms with Crippen LogP contribution in [0.3, 0.4) is 0 Å². The van der Waals surface area contributed by atoms with Crippen molar-refractivity contribution in [1.29, 1.82) is 0 Å². The van der Waals surface area contributed by atoms with Gasteiger partial charge in [-0.05, 0) is 76.4 Å². The third-order valence-corrected chi connectivity index (χ3v) is 5.79. The quantitative estimate of drug-likeness (QED) is 0.370. The van der Waals surface area contributed by atoms with Crippen LogP contribution in [0.15, 0.2) is 66.8 Å². The largest absolute Gasteiger partial charge is 0.492 e. The molecule has 1 atom stereocenters. The second kappa shape index (κ2) is 8.73. The molecule has 1 heterocycles. The molecule has 0 spiro atoms. The minimum Gasteiger partial charge on any atom is -0.492 e. The van der Waals surface area contributed by atoms with E-state index in [0.717, 1.165) is 42.5 Å².